The lowest BCUT2D eigenvalue weighted by atomic mass is 10.1. The molecule has 0 N–H and O–H groups in total. The molecular weight excluding hydrogens is 417 g/mol. The van der Waals surface area contributed by atoms with Crippen LogP contribution in [0, 0.1) is 12.7 Å². The van der Waals surface area contributed by atoms with E-state index in [0.29, 0.717) is 43.9 Å². The number of para-hydroxylation sites is 1. The van der Waals surface area contributed by atoms with Crippen molar-refractivity contribution in [2.75, 3.05) is 31.1 Å². The van der Waals surface area contributed by atoms with E-state index in [9.17, 15) is 9.18 Å². The number of nitrogens with zero attached hydrogens (tertiary/aromatic N) is 5. The highest BCUT2D eigenvalue weighted by molar-refractivity contribution is 5.96. The number of aromatic nitrogens is 3. The van der Waals surface area contributed by atoms with Gasteiger partial charge in [0, 0.05) is 37.9 Å². The third-order valence-electron chi connectivity index (χ3n) is 6.31. The quantitative estimate of drug-likeness (QED) is 0.470. The zero-order chi connectivity index (χ0) is 22.9. The Morgan fingerprint density at radius 3 is 2.39 bits per heavy atom. The third-order valence-corrected chi connectivity index (χ3v) is 6.31. The number of carbonyl (C=O) groups excluding carboxylic acids is 1. The van der Waals surface area contributed by atoms with Gasteiger partial charge in [-0.05, 0) is 31.0 Å². The Bertz CT molecular complexity index is 1310. The van der Waals surface area contributed by atoms with E-state index >= 15 is 0 Å². The van der Waals surface area contributed by atoms with Crippen LogP contribution in [0.3, 0.4) is 0 Å². The van der Waals surface area contributed by atoms with Gasteiger partial charge in [-0.1, -0.05) is 49.4 Å². The van der Waals surface area contributed by atoms with Gasteiger partial charge in [0.05, 0.1) is 22.6 Å². The van der Waals surface area contributed by atoms with E-state index in [1.54, 1.807) is 18.3 Å². The topological polar surface area (TPSA) is 53.7 Å². The van der Waals surface area contributed by atoms with Gasteiger partial charge in [-0.3, -0.25) is 4.79 Å². The first-order valence-corrected chi connectivity index (χ1v) is 11.3. The molecule has 2 aromatic carbocycles. The molecule has 0 atom stereocenters. The molecule has 4 aromatic rings. The van der Waals surface area contributed by atoms with Gasteiger partial charge >= 0.3 is 0 Å². The minimum atomic E-state index is -0.233. The van der Waals surface area contributed by atoms with E-state index < -0.39 is 0 Å². The van der Waals surface area contributed by atoms with E-state index in [-0.39, 0.29) is 11.7 Å². The van der Waals surface area contributed by atoms with Crippen LogP contribution in [0.4, 0.5) is 10.1 Å². The Morgan fingerprint density at radius 2 is 1.70 bits per heavy atom. The van der Waals surface area contributed by atoms with Crippen molar-refractivity contribution in [3.8, 4) is 11.1 Å². The highest BCUT2D eigenvalue weighted by Gasteiger charge is 2.27. The summed E-state index contributed by atoms with van der Waals surface area (Å²) in [4.78, 5) is 21.9. The Morgan fingerprint density at radius 1 is 1.00 bits per heavy atom. The molecule has 3 heterocycles. The summed E-state index contributed by atoms with van der Waals surface area (Å²) in [6.07, 6.45) is 2.35. The SMILES string of the molecule is CCc1c(C(=O)N2CCN(c3ccccc3F)CC2)cnc2c(-c3ccccc3)c(C)nn12. The van der Waals surface area contributed by atoms with Gasteiger partial charge in [0.2, 0.25) is 0 Å². The van der Waals surface area contributed by atoms with Gasteiger partial charge in [0.25, 0.3) is 5.91 Å². The van der Waals surface area contributed by atoms with Crippen molar-refractivity contribution in [3.05, 3.63) is 83.6 Å². The number of carbonyl (C=O) groups is 1. The number of benzene rings is 2. The summed E-state index contributed by atoms with van der Waals surface area (Å²) in [5.41, 5.74) is 5.70. The first-order chi connectivity index (χ1) is 16.1. The predicted octanol–water partition coefficient (Wildman–Crippen LogP) is 4.37. The number of hydrogen-bond acceptors (Lipinski definition) is 4. The second-order valence-electron chi connectivity index (χ2n) is 8.26. The van der Waals surface area contributed by atoms with Crippen LogP contribution in [0.25, 0.3) is 16.8 Å². The summed E-state index contributed by atoms with van der Waals surface area (Å²) >= 11 is 0. The van der Waals surface area contributed by atoms with Gasteiger partial charge in [-0.2, -0.15) is 5.10 Å². The minimum Gasteiger partial charge on any atom is -0.366 e. The number of anilines is 1. The highest BCUT2D eigenvalue weighted by atomic mass is 19.1. The first-order valence-electron chi connectivity index (χ1n) is 11.3. The molecule has 0 bridgehead atoms. The smallest absolute Gasteiger partial charge is 0.257 e. The van der Waals surface area contributed by atoms with Gasteiger partial charge in [-0.15, -0.1) is 0 Å². The van der Waals surface area contributed by atoms with E-state index in [2.05, 4.69) is 4.98 Å². The molecule has 6 nitrogen and oxygen atoms in total. The van der Waals surface area contributed by atoms with Crippen molar-refractivity contribution in [2.24, 2.45) is 0 Å². The maximum Gasteiger partial charge on any atom is 0.257 e. The van der Waals surface area contributed by atoms with Gasteiger partial charge in [0.15, 0.2) is 5.65 Å². The number of halogens is 1. The van der Waals surface area contributed by atoms with Crippen LogP contribution in [-0.2, 0) is 6.42 Å². The summed E-state index contributed by atoms with van der Waals surface area (Å²) in [7, 11) is 0. The molecule has 0 aliphatic carbocycles. The largest absolute Gasteiger partial charge is 0.366 e. The monoisotopic (exact) mass is 443 g/mol. The van der Waals surface area contributed by atoms with Crippen LogP contribution in [0.2, 0.25) is 0 Å². The summed E-state index contributed by atoms with van der Waals surface area (Å²) in [5, 5.41) is 4.74. The van der Waals surface area contributed by atoms with Crippen molar-refractivity contribution in [1.82, 2.24) is 19.5 Å². The van der Waals surface area contributed by atoms with Gasteiger partial charge < -0.3 is 9.80 Å². The molecule has 168 valence electrons. The molecule has 0 radical (unpaired) electrons. The molecule has 5 rings (SSSR count). The van der Waals surface area contributed by atoms with Gasteiger partial charge in [-0.25, -0.2) is 13.9 Å². The number of rotatable bonds is 4. The van der Waals surface area contributed by atoms with Crippen LogP contribution in [-0.4, -0.2) is 51.6 Å². The lowest BCUT2D eigenvalue weighted by molar-refractivity contribution is 0.0744. The lowest BCUT2D eigenvalue weighted by Crippen LogP contribution is -2.49. The summed E-state index contributed by atoms with van der Waals surface area (Å²) in [5.74, 6) is -0.285. The molecule has 33 heavy (non-hydrogen) atoms. The molecule has 1 saturated heterocycles. The predicted molar refractivity (Wildman–Crippen MR) is 127 cm³/mol. The van der Waals surface area contributed by atoms with Crippen LogP contribution < -0.4 is 4.90 Å². The molecule has 0 unspecified atom stereocenters. The van der Waals surface area contributed by atoms with Crippen LogP contribution in [0.5, 0.6) is 0 Å². The number of fused-ring (bicyclic) bond motifs is 1. The van der Waals surface area contributed by atoms with Crippen molar-refractivity contribution in [3.63, 3.8) is 0 Å². The summed E-state index contributed by atoms with van der Waals surface area (Å²) in [6, 6.07) is 16.8. The minimum absolute atomic E-state index is 0.0520. The molecule has 1 aliphatic heterocycles. The van der Waals surface area contributed by atoms with Crippen molar-refractivity contribution >= 4 is 17.2 Å². The Labute approximate surface area is 192 Å². The second-order valence-corrected chi connectivity index (χ2v) is 8.26. The number of piperazine rings is 1. The van der Waals surface area contributed by atoms with Crippen LogP contribution in [0.15, 0.2) is 60.8 Å². The third kappa shape index (κ3) is 3.73. The Kier molecular flexibility index (Phi) is 5.54. The van der Waals surface area contributed by atoms with Crippen molar-refractivity contribution < 1.29 is 9.18 Å². The zero-order valence-corrected chi connectivity index (χ0v) is 18.8. The molecule has 0 spiro atoms. The molecule has 1 amide bonds. The van der Waals surface area contributed by atoms with E-state index in [1.807, 2.05) is 64.6 Å². The number of aryl methyl sites for hydroxylation is 2. The van der Waals surface area contributed by atoms with E-state index in [0.717, 1.165) is 28.2 Å². The molecule has 1 fully saturated rings. The number of hydrogen-bond donors (Lipinski definition) is 0. The normalized spacial score (nSPS) is 14.2. The maximum absolute atomic E-state index is 14.2. The average Bonchev–Trinajstić information content (AvgIpc) is 3.19. The lowest BCUT2D eigenvalue weighted by Gasteiger charge is -2.36. The standard InChI is InChI=1S/C26H26FN5O/c1-3-22-20(17-28-25-24(18(2)29-32(22)25)19-9-5-4-6-10-19)26(33)31-15-13-30(14-16-31)23-12-8-7-11-21(23)27/h4-12,17H,3,13-16H2,1-2H3. The average molecular weight is 444 g/mol. The van der Waals surface area contributed by atoms with Gasteiger partial charge in [0.1, 0.15) is 5.82 Å². The maximum atomic E-state index is 14.2. The fourth-order valence-corrected chi connectivity index (χ4v) is 4.63. The first kappa shape index (κ1) is 21.1. The zero-order valence-electron chi connectivity index (χ0n) is 18.8. The second kappa shape index (κ2) is 8.65. The molecule has 0 saturated carbocycles. The number of amides is 1. The van der Waals surface area contributed by atoms with E-state index in [4.69, 9.17) is 5.10 Å². The van der Waals surface area contributed by atoms with Crippen molar-refractivity contribution in [1.29, 1.82) is 0 Å². The molecule has 7 heteroatoms. The molecular formula is C26H26FN5O. The molecule has 2 aromatic heterocycles. The summed E-state index contributed by atoms with van der Waals surface area (Å²) in [6.45, 7) is 6.23. The van der Waals surface area contributed by atoms with Crippen LogP contribution >= 0.6 is 0 Å². The molecule has 1 aliphatic rings. The van der Waals surface area contributed by atoms with E-state index in [1.165, 1.54) is 6.07 Å². The Balaban J connectivity index is 1.43. The van der Waals surface area contributed by atoms with Crippen LogP contribution in [0.1, 0.15) is 28.7 Å². The summed E-state index contributed by atoms with van der Waals surface area (Å²) < 4.78 is 16.0. The fourth-order valence-electron chi connectivity index (χ4n) is 4.63. The fraction of sp³-hybridized carbons (Fsp3) is 0.269. The highest BCUT2D eigenvalue weighted by Crippen LogP contribution is 2.29. The Hall–Kier alpha value is -3.74. The van der Waals surface area contributed by atoms with Crippen molar-refractivity contribution in [2.45, 2.75) is 20.3 Å².